The highest BCUT2D eigenvalue weighted by molar-refractivity contribution is 5.67. The van der Waals surface area contributed by atoms with E-state index in [-0.39, 0.29) is 6.04 Å². The third-order valence-electron chi connectivity index (χ3n) is 3.56. The molecule has 2 atom stereocenters. The van der Waals surface area contributed by atoms with Crippen LogP contribution in [-0.2, 0) is 0 Å². The topological polar surface area (TPSA) is 32.3 Å². The standard InChI is InChI=1S/C17H17NO/c19-17(16-11-6-12-18-16)15-10-5-4-9-14(15)13-7-2-1-3-8-13/h1-10,12,16-19H,11H2. The van der Waals surface area contributed by atoms with Crippen LogP contribution in [0.3, 0.4) is 0 Å². The molecule has 0 spiro atoms. The maximum atomic E-state index is 10.6. The van der Waals surface area contributed by atoms with Crippen LogP contribution in [0.25, 0.3) is 11.1 Å². The Balaban J connectivity index is 1.97. The molecule has 0 saturated heterocycles. The van der Waals surface area contributed by atoms with E-state index in [9.17, 15) is 5.11 Å². The number of hydrogen-bond acceptors (Lipinski definition) is 2. The lowest BCUT2D eigenvalue weighted by molar-refractivity contribution is 0.140. The maximum absolute atomic E-state index is 10.6. The minimum atomic E-state index is -0.494. The van der Waals surface area contributed by atoms with E-state index >= 15 is 0 Å². The third kappa shape index (κ3) is 2.40. The van der Waals surface area contributed by atoms with Crippen LogP contribution in [0.15, 0.2) is 66.9 Å². The Morgan fingerprint density at radius 1 is 1.00 bits per heavy atom. The SMILES string of the molecule is OC(c1ccccc1-c1ccccc1)C1CC=CN1. The highest BCUT2D eigenvalue weighted by atomic mass is 16.3. The fourth-order valence-electron chi connectivity index (χ4n) is 2.55. The van der Waals surface area contributed by atoms with Crippen LogP contribution in [0, 0.1) is 0 Å². The fraction of sp³-hybridized carbons (Fsp3) is 0.176. The maximum Gasteiger partial charge on any atom is 0.0999 e. The molecule has 0 amide bonds. The summed E-state index contributed by atoms with van der Waals surface area (Å²) in [7, 11) is 0. The Kier molecular flexibility index (Phi) is 3.34. The Hall–Kier alpha value is -2.06. The van der Waals surface area contributed by atoms with E-state index in [1.54, 1.807) is 0 Å². The van der Waals surface area contributed by atoms with Crippen LogP contribution in [0.4, 0.5) is 0 Å². The van der Waals surface area contributed by atoms with Gasteiger partial charge in [0, 0.05) is 0 Å². The third-order valence-corrected chi connectivity index (χ3v) is 3.56. The zero-order valence-electron chi connectivity index (χ0n) is 10.7. The van der Waals surface area contributed by atoms with Crippen LogP contribution >= 0.6 is 0 Å². The average Bonchev–Trinajstić information content (AvgIpc) is 3.02. The van der Waals surface area contributed by atoms with Crippen molar-refractivity contribution in [3.63, 3.8) is 0 Å². The molecule has 1 heterocycles. The van der Waals surface area contributed by atoms with Crippen LogP contribution in [-0.4, -0.2) is 11.1 Å². The predicted molar refractivity (Wildman–Crippen MR) is 77.5 cm³/mol. The Morgan fingerprint density at radius 2 is 1.74 bits per heavy atom. The molecule has 0 aliphatic carbocycles. The first-order valence-electron chi connectivity index (χ1n) is 6.60. The van der Waals surface area contributed by atoms with Gasteiger partial charge in [-0.25, -0.2) is 0 Å². The van der Waals surface area contributed by atoms with Crippen molar-refractivity contribution in [2.24, 2.45) is 0 Å². The highest BCUT2D eigenvalue weighted by Crippen LogP contribution is 2.31. The largest absolute Gasteiger partial charge is 0.386 e. The predicted octanol–water partition coefficient (Wildman–Crippen LogP) is 3.26. The second-order valence-electron chi connectivity index (χ2n) is 4.81. The average molecular weight is 251 g/mol. The van der Waals surface area contributed by atoms with Crippen molar-refractivity contribution >= 4 is 0 Å². The van der Waals surface area contributed by atoms with Gasteiger partial charge >= 0.3 is 0 Å². The molecule has 1 aliphatic heterocycles. The van der Waals surface area contributed by atoms with E-state index in [0.717, 1.165) is 23.1 Å². The van der Waals surface area contributed by atoms with Gasteiger partial charge in [-0.05, 0) is 29.3 Å². The molecule has 2 aromatic rings. The van der Waals surface area contributed by atoms with Gasteiger partial charge < -0.3 is 10.4 Å². The quantitative estimate of drug-likeness (QED) is 0.877. The van der Waals surface area contributed by atoms with E-state index < -0.39 is 6.10 Å². The van der Waals surface area contributed by atoms with Gasteiger partial charge in [-0.1, -0.05) is 60.7 Å². The van der Waals surface area contributed by atoms with Gasteiger partial charge in [-0.3, -0.25) is 0 Å². The number of aliphatic hydroxyl groups is 1. The molecule has 3 rings (SSSR count). The summed E-state index contributed by atoms with van der Waals surface area (Å²) in [5.74, 6) is 0. The fourth-order valence-corrected chi connectivity index (χ4v) is 2.55. The van der Waals surface area contributed by atoms with E-state index in [0.29, 0.717) is 0 Å². The number of nitrogens with one attached hydrogen (secondary N) is 1. The zero-order valence-corrected chi connectivity index (χ0v) is 10.7. The summed E-state index contributed by atoms with van der Waals surface area (Å²) in [6.07, 6.45) is 4.34. The summed E-state index contributed by atoms with van der Waals surface area (Å²) in [6.45, 7) is 0. The minimum absolute atomic E-state index is 0.0739. The molecule has 2 aromatic carbocycles. The first kappa shape index (κ1) is 12.0. The van der Waals surface area contributed by atoms with Gasteiger partial charge in [0.15, 0.2) is 0 Å². The number of benzene rings is 2. The Labute approximate surface area is 113 Å². The molecule has 0 aromatic heterocycles. The Morgan fingerprint density at radius 3 is 2.47 bits per heavy atom. The summed E-state index contributed by atoms with van der Waals surface area (Å²) in [5.41, 5.74) is 3.22. The van der Waals surface area contributed by atoms with Gasteiger partial charge in [-0.15, -0.1) is 0 Å². The summed E-state index contributed by atoms with van der Waals surface area (Å²) < 4.78 is 0. The van der Waals surface area contributed by atoms with Crippen LogP contribution in [0.5, 0.6) is 0 Å². The molecular weight excluding hydrogens is 234 g/mol. The molecule has 2 N–H and O–H groups in total. The Bertz CT molecular complexity index is 569. The number of rotatable bonds is 3. The van der Waals surface area contributed by atoms with Crippen molar-refractivity contribution in [2.45, 2.75) is 18.6 Å². The number of aliphatic hydroxyl groups excluding tert-OH is 1. The molecule has 96 valence electrons. The molecular formula is C17H17NO. The second kappa shape index (κ2) is 5.29. The first-order chi connectivity index (χ1) is 9.36. The van der Waals surface area contributed by atoms with Crippen molar-refractivity contribution in [2.75, 3.05) is 0 Å². The van der Waals surface area contributed by atoms with Crippen LogP contribution < -0.4 is 5.32 Å². The normalized spacial score (nSPS) is 19.1. The van der Waals surface area contributed by atoms with Crippen molar-refractivity contribution < 1.29 is 5.11 Å². The lowest BCUT2D eigenvalue weighted by atomic mass is 9.92. The molecule has 0 saturated carbocycles. The van der Waals surface area contributed by atoms with Crippen molar-refractivity contribution in [3.05, 3.63) is 72.4 Å². The summed E-state index contributed by atoms with van der Waals surface area (Å²) in [6, 6.07) is 18.3. The molecule has 19 heavy (non-hydrogen) atoms. The summed E-state index contributed by atoms with van der Waals surface area (Å²) in [4.78, 5) is 0. The lowest BCUT2D eigenvalue weighted by Crippen LogP contribution is -2.27. The molecule has 0 fully saturated rings. The van der Waals surface area contributed by atoms with Gasteiger partial charge in [-0.2, -0.15) is 0 Å². The highest BCUT2D eigenvalue weighted by Gasteiger charge is 2.23. The molecule has 2 nitrogen and oxygen atoms in total. The lowest BCUT2D eigenvalue weighted by Gasteiger charge is -2.22. The first-order valence-corrected chi connectivity index (χ1v) is 6.60. The second-order valence-corrected chi connectivity index (χ2v) is 4.81. The van der Waals surface area contributed by atoms with Crippen LogP contribution in [0.1, 0.15) is 18.1 Å². The van der Waals surface area contributed by atoms with E-state index in [1.807, 2.05) is 42.6 Å². The molecule has 2 heteroatoms. The zero-order chi connectivity index (χ0) is 13.1. The van der Waals surface area contributed by atoms with E-state index in [2.05, 4.69) is 29.6 Å². The summed E-state index contributed by atoms with van der Waals surface area (Å²) in [5, 5.41) is 13.8. The van der Waals surface area contributed by atoms with Gasteiger partial charge in [0.05, 0.1) is 12.1 Å². The summed E-state index contributed by atoms with van der Waals surface area (Å²) >= 11 is 0. The van der Waals surface area contributed by atoms with E-state index in [1.165, 1.54) is 0 Å². The van der Waals surface area contributed by atoms with Crippen molar-refractivity contribution in [1.29, 1.82) is 0 Å². The van der Waals surface area contributed by atoms with Gasteiger partial charge in [0.25, 0.3) is 0 Å². The van der Waals surface area contributed by atoms with Crippen molar-refractivity contribution in [3.8, 4) is 11.1 Å². The molecule has 0 bridgehead atoms. The number of hydrogen-bond donors (Lipinski definition) is 2. The van der Waals surface area contributed by atoms with E-state index in [4.69, 9.17) is 0 Å². The van der Waals surface area contributed by atoms with Crippen LogP contribution in [0.2, 0.25) is 0 Å². The molecule has 0 radical (unpaired) electrons. The monoisotopic (exact) mass is 251 g/mol. The minimum Gasteiger partial charge on any atom is -0.386 e. The van der Waals surface area contributed by atoms with Gasteiger partial charge in [0.2, 0.25) is 0 Å². The smallest absolute Gasteiger partial charge is 0.0999 e. The molecule has 2 unspecified atom stereocenters. The van der Waals surface area contributed by atoms with Crippen molar-refractivity contribution in [1.82, 2.24) is 5.32 Å². The van der Waals surface area contributed by atoms with Gasteiger partial charge in [0.1, 0.15) is 0 Å². The molecule has 1 aliphatic rings.